The van der Waals surface area contributed by atoms with Crippen LogP contribution in [-0.2, 0) is 29.1 Å². The van der Waals surface area contributed by atoms with E-state index >= 15 is 0 Å². The third kappa shape index (κ3) is 6.71. The van der Waals surface area contributed by atoms with Crippen molar-refractivity contribution in [3.05, 3.63) is 71.3 Å². The Morgan fingerprint density at radius 3 is 2.29 bits per heavy atom. The zero-order chi connectivity index (χ0) is 24.6. The molecule has 1 aliphatic heterocycles. The van der Waals surface area contributed by atoms with E-state index in [0.717, 1.165) is 24.0 Å². The fourth-order valence-electron chi connectivity index (χ4n) is 5.71. The highest BCUT2D eigenvalue weighted by molar-refractivity contribution is 5.90. The van der Waals surface area contributed by atoms with Crippen LogP contribution in [0, 0.1) is 11.8 Å². The van der Waals surface area contributed by atoms with Crippen molar-refractivity contribution in [2.45, 2.75) is 76.5 Å². The summed E-state index contributed by atoms with van der Waals surface area (Å²) in [6.45, 7) is 1.58. The lowest BCUT2D eigenvalue weighted by Crippen LogP contribution is -2.51. The summed E-state index contributed by atoms with van der Waals surface area (Å²) in [4.78, 5) is 28.6. The first-order valence-corrected chi connectivity index (χ1v) is 13.2. The van der Waals surface area contributed by atoms with E-state index in [0.29, 0.717) is 37.9 Å². The van der Waals surface area contributed by atoms with Crippen LogP contribution in [0.1, 0.15) is 61.6 Å². The number of hydrogen-bond acceptors (Lipinski definition) is 4. The molecule has 1 saturated carbocycles. The van der Waals surface area contributed by atoms with Crippen LogP contribution in [0.3, 0.4) is 0 Å². The van der Waals surface area contributed by atoms with Gasteiger partial charge in [0.25, 0.3) is 0 Å². The minimum atomic E-state index is -0.598. The van der Waals surface area contributed by atoms with Crippen molar-refractivity contribution in [2.24, 2.45) is 23.3 Å². The van der Waals surface area contributed by atoms with Crippen LogP contribution in [0.4, 0.5) is 0 Å². The van der Waals surface area contributed by atoms with E-state index in [9.17, 15) is 9.59 Å². The highest BCUT2D eigenvalue weighted by Gasteiger charge is 2.43. The van der Waals surface area contributed by atoms with Gasteiger partial charge in [0.05, 0.1) is 6.04 Å². The number of amides is 2. The number of nitrogens with zero attached hydrogens (tertiary/aromatic N) is 1. The lowest BCUT2D eigenvalue weighted by atomic mass is 9.79. The summed E-state index contributed by atoms with van der Waals surface area (Å²) in [6.07, 6.45) is 8.27. The van der Waals surface area contributed by atoms with Crippen LogP contribution in [-0.4, -0.2) is 35.3 Å². The molecule has 0 bridgehead atoms. The van der Waals surface area contributed by atoms with Gasteiger partial charge in [-0.2, -0.15) is 0 Å². The predicted molar refractivity (Wildman–Crippen MR) is 139 cm³/mol. The Labute approximate surface area is 209 Å². The fourth-order valence-corrected chi connectivity index (χ4v) is 5.71. The summed E-state index contributed by atoms with van der Waals surface area (Å²) in [5.41, 5.74) is 15.3. The van der Waals surface area contributed by atoms with Gasteiger partial charge in [0, 0.05) is 19.6 Å². The summed E-state index contributed by atoms with van der Waals surface area (Å²) in [5.74, 6) is 0.808. The van der Waals surface area contributed by atoms with Crippen molar-refractivity contribution in [1.29, 1.82) is 0 Å². The first-order valence-electron chi connectivity index (χ1n) is 13.2. The van der Waals surface area contributed by atoms with Crippen molar-refractivity contribution in [3.63, 3.8) is 0 Å². The second-order valence-electron chi connectivity index (χ2n) is 10.3. The molecular weight excluding hydrogens is 436 g/mol. The number of nitrogens with two attached hydrogens (primary N) is 2. The van der Waals surface area contributed by atoms with E-state index in [1.165, 1.54) is 37.7 Å². The van der Waals surface area contributed by atoms with Crippen LogP contribution < -0.4 is 16.8 Å². The topological polar surface area (TPSA) is 101 Å². The maximum atomic E-state index is 13.5. The number of benzene rings is 2. The summed E-state index contributed by atoms with van der Waals surface area (Å²) < 4.78 is 0. The van der Waals surface area contributed by atoms with Gasteiger partial charge in [-0.1, -0.05) is 86.7 Å². The average Bonchev–Trinajstić information content (AvgIpc) is 3.37. The predicted octanol–water partition coefficient (Wildman–Crippen LogP) is 3.52. The van der Waals surface area contributed by atoms with E-state index in [1.54, 1.807) is 4.90 Å². The quantitative estimate of drug-likeness (QED) is 0.515. The molecule has 4 rings (SSSR count). The van der Waals surface area contributed by atoms with E-state index < -0.39 is 12.1 Å². The van der Waals surface area contributed by atoms with Gasteiger partial charge in [0.15, 0.2) is 0 Å². The third-order valence-corrected chi connectivity index (χ3v) is 7.87. The standard InChI is InChI=1S/C29H40N4O2/c30-18-22-11-13-23(14-12-22)19-32-28(34)27-17-25(24-9-5-2-6-10-24)20-33(27)29(35)26(31)16-15-21-7-3-1-4-8-21/h1,3-4,7-8,11-14,24-27H,2,5-6,9-10,15-20,30-31H2,(H,32,34)/t25-,26?,27-/m0/s1. The smallest absolute Gasteiger partial charge is 0.243 e. The Balaban J connectivity index is 1.41. The van der Waals surface area contributed by atoms with Gasteiger partial charge in [-0.25, -0.2) is 0 Å². The highest BCUT2D eigenvalue weighted by atomic mass is 16.2. The third-order valence-electron chi connectivity index (χ3n) is 7.87. The Morgan fingerprint density at radius 2 is 1.60 bits per heavy atom. The molecule has 1 unspecified atom stereocenters. The largest absolute Gasteiger partial charge is 0.350 e. The Hall–Kier alpha value is -2.70. The molecule has 3 atom stereocenters. The zero-order valence-corrected chi connectivity index (χ0v) is 20.7. The molecule has 2 amide bonds. The first kappa shape index (κ1) is 25.4. The Kier molecular flexibility index (Phi) is 8.94. The number of likely N-dealkylation sites (tertiary alicyclic amines) is 1. The first-order chi connectivity index (χ1) is 17.0. The molecule has 6 heteroatoms. The van der Waals surface area contributed by atoms with Gasteiger partial charge < -0.3 is 21.7 Å². The van der Waals surface area contributed by atoms with E-state index in [2.05, 4.69) is 17.4 Å². The molecule has 35 heavy (non-hydrogen) atoms. The summed E-state index contributed by atoms with van der Waals surface area (Å²) in [5, 5.41) is 3.08. The van der Waals surface area contributed by atoms with Crippen LogP contribution in [0.2, 0.25) is 0 Å². The maximum Gasteiger partial charge on any atom is 0.243 e. The molecule has 1 aliphatic carbocycles. The monoisotopic (exact) mass is 476 g/mol. The molecule has 2 aromatic carbocycles. The molecule has 0 radical (unpaired) electrons. The number of hydrogen-bond donors (Lipinski definition) is 3. The SMILES string of the molecule is NCc1ccc(CNC(=O)[C@@H]2C[C@H](C3CCCCC3)CN2C(=O)C(N)CCc2ccccc2)cc1. The molecule has 188 valence electrons. The van der Waals surface area contributed by atoms with E-state index in [-0.39, 0.29) is 11.8 Å². The number of nitrogens with one attached hydrogen (secondary N) is 1. The second-order valence-corrected chi connectivity index (χ2v) is 10.3. The van der Waals surface area contributed by atoms with Gasteiger partial charge >= 0.3 is 0 Å². The molecule has 2 aromatic rings. The number of carbonyl (C=O) groups excluding carboxylic acids is 2. The van der Waals surface area contributed by atoms with E-state index in [4.69, 9.17) is 11.5 Å². The molecule has 5 N–H and O–H groups in total. The summed E-state index contributed by atoms with van der Waals surface area (Å²) in [6, 6.07) is 17.0. The van der Waals surface area contributed by atoms with Crippen molar-refractivity contribution < 1.29 is 9.59 Å². The molecule has 2 aliphatic rings. The normalized spacial score (nSPS) is 21.6. The van der Waals surface area contributed by atoms with Crippen LogP contribution in [0.25, 0.3) is 0 Å². The summed E-state index contributed by atoms with van der Waals surface area (Å²) >= 11 is 0. The van der Waals surface area contributed by atoms with Gasteiger partial charge in [0.1, 0.15) is 6.04 Å². The Bertz CT molecular complexity index is 956. The lowest BCUT2D eigenvalue weighted by molar-refractivity contribution is -0.139. The average molecular weight is 477 g/mol. The van der Waals surface area contributed by atoms with Gasteiger partial charge in [-0.3, -0.25) is 9.59 Å². The molecule has 0 spiro atoms. The second kappa shape index (κ2) is 12.3. The van der Waals surface area contributed by atoms with Gasteiger partial charge in [-0.05, 0) is 47.8 Å². The van der Waals surface area contributed by atoms with Crippen molar-refractivity contribution in [2.75, 3.05) is 6.54 Å². The minimum Gasteiger partial charge on any atom is -0.350 e. The van der Waals surface area contributed by atoms with Crippen molar-refractivity contribution in [3.8, 4) is 0 Å². The zero-order valence-electron chi connectivity index (χ0n) is 20.7. The number of rotatable bonds is 9. The molecule has 6 nitrogen and oxygen atoms in total. The van der Waals surface area contributed by atoms with E-state index in [1.807, 2.05) is 42.5 Å². The number of carbonyl (C=O) groups is 2. The fraction of sp³-hybridized carbons (Fsp3) is 0.517. The lowest BCUT2D eigenvalue weighted by Gasteiger charge is -2.28. The molecule has 1 saturated heterocycles. The minimum absolute atomic E-state index is 0.0742. The van der Waals surface area contributed by atoms with Crippen LogP contribution in [0.15, 0.2) is 54.6 Å². The van der Waals surface area contributed by atoms with Crippen LogP contribution >= 0.6 is 0 Å². The Morgan fingerprint density at radius 1 is 0.914 bits per heavy atom. The van der Waals surface area contributed by atoms with Crippen molar-refractivity contribution >= 4 is 11.8 Å². The molecule has 0 aromatic heterocycles. The molecule has 1 heterocycles. The summed E-state index contributed by atoms with van der Waals surface area (Å²) in [7, 11) is 0. The van der Waals surface area contributed by atoms with Gasteiger partial charge in [0.2, 0.25) is 11.8 Å². The molecule has 2 fully saturated rings. The molecular formula is C29H40N4O2. The van der Waals surface area contributed by atoms with Crippen molar-refractivity contribution in [1.82, 2.24) is 10.2 Å². The highest BCUT2D eigenvalue weighted by Crippen LogP contribution is 2.38. The maximum absolute atomic E-state index is 13.5. The van der Waals surface area contributed by atoms with Crippen LogP contribution in [0.5, 0.6) is 0 Å². The van der Waals surface area contributed by atoms with Gasteiger partial charge in [-0.15, -0.1) is 0 Å². The number of aryl methyl sites for hydroxylation is 1.